The molecule has 0 fully saturated rings. The number of nitrogens with one attached hydrogen (secondary N) is 1. The Balaban J connectivity index is 1.82. The van der Waals surface area contributed by atoms with Crippen molar-refractivity contribution in [2.45, 2.75) is 24.3 Å². The van der Waals surface area contributed by atoms with E-state index in [1.165, 1.54) is 12.1 Å². The van der Waals surface area contributed by atoms with Crippen molar-refractivity contribution in [3.8, 4) is 11.5 Å². The summed E-state index contributed by atoms with van der Waals surface area (Å²) in [6.45, 7) is 2.06. The standard InChI is InChI=1S/C18H22N2O5S/c1-13(25-16-5-3-4-15(12-16)24-2)18(21)20-11-10-14-6-8-17(9-7-14)26(19,22)23/h3-9,12-13H,10-11H2,1-2H3,(H,20,21)(H2,19,22,23). The molecule has 8 heteroatoms. The Labute approximate surface area is 153 Å². The smallest absolute Gasteiger partial charge is 0.260 e. The van der Waals surface area contributed by atoms with Gasteiger partial charge in [0.25, 0.3) is 5.91 Å². The molecule has 0 spiro atoms. The van der Waals surface area contributed by atoms with Gasteiger partial charge in [-0.25, -0.2) is 13.6 Å². The summed E-state index contributed by atoms with van der Waals surface area (Å²) in [5.41, 5.74) is 0.888. The molecule has 1 unspecified atom stereocenters. The van der Waals surface area contributed by atoms with E-state index in [0.29, 0.717) is 24.5 Å². The Morgan fingerprint density at radius 3 is 2.42 bits per heavy atom. The number of carbonyl (C=O) groups is 1. The number of primary sulfonamides is 1. The lowest BCUT2D eigenvalue weighted by molar-refractivity contribution is -0.127. The molecule has 0 aliphatic heterocycles. The zero-order valence-electron chi connectivity index (χ0n) is 14.6. The van der Waals surface area contributed by atoms with E-state index in [2.05, 4.69) is 5.32 Å². The summed E-state index contributed by atoms with van der Waals surface area (Å²) in [7, 11) is -2.13. The van der Waals surface area contributed by atoms with E-state index >= 15 is 0 Å². The van der Waals surface area contributed by atoms with Crippen LogP contribution in [-0.4, -0.2) is 34.1 Å². The van der Waals surface area contributed by atoms with Gasteiger partial charge < -0.3 is 14.8 Å². The molecule has 140 valence electrons. The van der Waals surface area contributed by atoms with E-state index in [-0.39, 0.29) is 10.8 Å². The zero-order valence-corrected chi connectivity index (χ0v) is 15.5. The minimum Gasteiger partial charge on any atom is -0.497 e. The summed E-state index contributed by atoms with van der Waals surface area (Å²) in [5.74, 6) is 0.956. The van der Waals surface area contributed by atoms with Gasteiger partial charge in [0.15, 0.2) is 6.10 Å². The van der Waals surface area contributed by atoms with Crippen molar-refractivity contribution in [1.29, 1.82) is 0 Å². The van der Waals surface area contributed by atoms with Gasteiger partial charge in [-0.05, 0) is 43.2 Å². The molecule has 2 rings (SSSR count). The van der Waals surface area contributed by atoms with Gasteiger partial charge in [-0.3, -0.25) is 4.79 Å². The van der Waals surface area contributed by atoms with Crippen LogP contribution in [-0.2, 0) is 21.2 Å². The van der Waals surface area contributed by atoms with E-state index in [0.717, 1.165) is 5.56 Å². The van der Waals surface area contributed by atoms with E-state index < -0.39 is 16.1 Å². The average Bonchev–Trinajstić information content (AvgIpc) is 2.61. The third-order valence-corrected chi connectivity index (χ3v) is 4.62. The molecule has 0 aliphatic rings. The van der Waals surface area contributed by atoms with Gasteiger partial charge in [-0.1, -0.05) is 18.2 Å². The number of ether oxygens (including phenoxy) is 2. The van der Waals surface area contributed by atoms with Crippen molar-refractivity contribution < 1.29 is 22.7 Å². The maximum absolute atomic E-state index is 12.1. The van der Waals surface area contributed by atoms with Crippen LogP contribution in [0.15, 0.2) is 53.4 Å². The first-order chi connectivity index (χ1) is 12.3. The summed E-state index contributed by atoms with van der Waals surface area (Å²) in [4.78, 5) is 12.2. The van der Waals surface area contributed by atoms with Crippen LogP contribution >= 0.6 is 0 Å². The number of benzene rings is 2. The molecule has 0 aliphatic carbocycles. The van der Waals surface area contributed by atoms with Crippen LogP contribution in [0.25, 0.3) is 0 Å². The molecule has 0 bridgehead atoms. The summed E-state index contributed by atoms with van der Waals surface area (Å²) >= 11 is 0. The molecule has 0 saturated heterocycles. The molecule has 26 heavy (non-hydrogen) atoms. The van der Waals surface area contributed by atoms with Gasteiger partial charge >= 0.3 is 0 Å². The third kappa shape index (κ3) is 5.75. The molecular weight excluding hydrogens is 356 g/mol. The number of hydrogen-bond acceptors (Lipinski definition) is 5. The second-order valence-corrected chi connectivity index (χ2v) is 7.23. The van der Waals surface area contributed by atoms with Gasteiger partial charge in [0, 0.05) is 12.6 Å². The van der Waals surface area contributed by atoms with Crippen LogP contribution in [0.4, 0.5) is 0 Å². The maximum Gasteiger partial charge on any atom is 0.260 e. The topological polar surface area (TPSA) is 108 Å². The fourth-order valence-corrected chi connectivity index (χ4v) is 2.77. The molecule has 1 amide bonds. The van der Waals surface area contributed by atoms with Gasteiger partial charge in [0.1, 0.15) is 11.5 Å². The predicted molar refractivity (Wildman–Crippen MR) is 97.6 cm³/mol. The lowest BCUT2D eigenvalue weighted by atomic mass is 10.1. The molecule has 0 radical (unpaired) electrons. The molecule has 2 aromatic rings. The van der Waals surface area contributed by atoms with Crippen molar-refractivity contribution in [1.82, 2.24) is 5.32 Å². The number of hydrogen-bond donors (Lipinski definition) is 2. The zero-order chi connectivity index (χ0) is 19.2. The minimum atomic E-state index is -3.69. The van der Waals surface area contributed by atoms with E-state index in [4.69, 9.17) is 14.6 Å². The van der Waals surface area contributed by atoms with Gasteiger partial charge in [0.2, 0.25) is 10.0 Å². The Kier molecular flexibility index (Phi) is 6.59. The first-order valence-electron chi connectivity index (χ1n) is 8.00. The van der Waals surface area contributed by atoms with Crippen LogP contribution in [0.5, 0.6) is 11.5 Å². The molecule has 2 aromatic carbocycles. The quantitative estimate of drug-likeness (QED) is 0.723. The van der Waals surface area contributed by atoms with Gasteiger partial charge in [-0.15, -0.1) is 0 Å². The van der Waals surface area contributed by atoms with Crippen LogP contribution < -0.4 is 19.9 Å². The van der Waals surface area contributed by atoms with Crippen molar-refractivity contribution in [3.63, 3.8) is 0 Å². The monoisotopic (exact) mass is 378 g/mol. The molecule has 0 heterocycles. The van der Waals surface area contributed by atoms with E-state index in [1.807, 2.05) is 0 Å². The highest BCUT2D eigenvalue weighted by Crippen LogP contribution is 2.19. The summed E-state index contributed by atoms with van der Waals surface area (Å²) < 4.78 is 33.1. The summed E-state index contributed by atoms with van der Waals surface area (Å²) in [6.07, 6.45) is -0.102. The summed E-state index contributed by atoms with van der Waals surface area (Å²) in [5, 5.41) is 7.84. The SMILES string of the molecule is COc1cccc(OC(C)C(=O)NCCc2ccc(S(N)(=O)=O)cc2)c1. The Hall–Kier alpha value is -2.58. The molecule has 7 nitrogen and oxygen atoms in total. The number of amides is 1. The minimum absolute atomic E-state index is 0.0607. The summed E-state index contributed by atoms with van der Waals surface area (Å²) in [6, 6.07) is 13.3. The predicted octanol–water partition coefficient (Wildman–Crippen LogP) is 1.47. The third-order valence-electron chi connectivity index (χ3n) is 3.69. The van der Waals surface area contributed by atoms with Gasteiger partial charge in [-0.2, -0.15) is 0 Å². The highest BCUT2D eigenvalue weighted by atomic mass is 32.2. The second-order valence-electron chi connectivity index (χ2n) is 5.67. The van der Waals surface area contributed by atoms with Crippen LogP contribution in [0.1, 0.15) is 12.5 Å². The molecule has 3 N–H and O–H groups in total. The van der Waals surface area contributed by atoms with Crippen LogP contribution in [0.2, 0.25) is 0 Å². The molecule has 1 atom stereocenters. The number of nitrogens with two attached hydrogens (primary N) is 1. The van der Waals surface area contributed by atoms with E-state index in [1.54, 1.807) is 50.4 Å². The Bertz CT molecular complexity index is 850. The lowest BCUT2D eigenvalue weighted by Gasteiger charge is -2.15. The molecule has 0 saturated carbocycles. The maximum atomic E-state index is 12.1. The number of methoxy groups -OCH3 is 1. The highest BCUT2D eigenvalue weighted by Gasteiger charge is 2.14. The van der Waals surface area contributed by atoms with Gasteiger partial charge in [0.05, 0.1) is 12.0 Å². The molecular formula is C18H22N2O5S. The van der Waals surface area contributed by atoms with Crippen LogP contribution in [0, 0.1) is 0 Å². The molecule has 0 aromatic heterocycles. The van der Waals surface area contributed by atoms with Crippen molar-refractivity contribution in [3.05, 3.63) is 54.1 Å². The fraction of sp³-hybridized carbons (Fsp3) is 0.278. The Morgan fingerprint density at radius 1 is 1.15 bits per heavy atom. The van der Waals surface area contributed by atoms with Crippen molar-refractivity contribution in [2.75, 3.05) is 13.7 Å². The number of carbonyl (C=O) groups excluding carboxylic acids is 1. The second kappa shape index (κ2) is 8.68. The first-order valence-corrected chi connectivity index (χ1v) is 9.54. The first kappa shape index (κ1) is 19.7. The fourth-order valence-electron chi connectivity index (χ4n) is 2.25. The normalized spacial score (nSPS) is 12.3. The Morgan fingerprint density at radius 2 is 1.81 bits per heavy atom. The van der Waals surface area contributed by atoms with Crippen molar-refractivity contribution >= 4 is 15.9 Å². The average molecular weight is 378 g/mol. The highest BCUT2D eigenvalue weighted by molar-refractivity contribution is 7.89. The van der Waals surface area contributed by atoms with Crippen LogP contribution in [0.3, 0.4) is 0 Å². The lowest BCUT2D eigenvalue weighted by Crippen LogP contribution is -2.37. The van der Waals surface area contributed by atoms with E-state index in [9.17, 15) is 13.2 Å². The number of rotatable bonds is 8. The van der Waals surface area contributed by atoms with Crippen molar-refractivity contribution in [2.24, 2.45) is 5.14 Å². The number of sulfonamides is 1. The largest absolute Gasteiger partial charge is 0.497 e.